The number of nitrogens with two attached hydrogens (primary N) is 1. The highest BCUT2D eigenvalue weighted by atomic mass is 19.1. The summed E-state index contributed by atoms with van der Waals surface area (Å²) in [6, 6.07) is 10.2. The van der Waals surface area contributed by atoms with Crippen molar-refractivity contribution in [1.82, 2.24) is 4.98 Å². The first-order chi connectivity index (χ1) is 8.25. The predicted molar refractivity (Wildman–Crippen MR) is 67.2 cm³/mol. The first-order valence-corrected chi connectivity index (χ1v) is 5.44. The maximum atomic E-state index is 13.3. The van der Waals surface area contributed by atoms with Gasteiger partial charge in [-0.1, -0.05) is 18.2 Å². The number of benzene rings is 1. The molecule has 0 aliphatic heterocycles. The van der Waals surface area contributed by atoms with Gasteiger partial charge in [0.1, 0.15) is 11.6 Å². The number of anilines is 2. The van der Waals surface area contributed by atoms with Crippen molar-refractivity contribution in [2.45, 2.75) is 6.42 Å². The molecule has 2 rings (SSSR count). The Morgan fingerprint density at radius 3 is 2.82 bits per heavy atom. The van der Waals surface area contributed by atoms with E-state index in [1.165, 1.54) is 6.07 Å². The lowest BCUT2D eigenvalue weighted by Gasteiger charge is -2.06. The largest absolute Gasteiger partial charge is 0.399 e. The van der Waals surface area contributed by atoms with E-state index in [1.54, 1.807) is 30.5 Å². The number of nitrogens with one attached hydrogen (secondary N) is 1. The molecule has 2 aromatic rings. The molecule has 0 aliphatic carbocycles. The summed E-state index contributed by atoms with van der Waals surface area (Å²) in [5, 5.41) is 3.10. The van der Waals surface area contributed by atoms with Gasteiger partial charge in [0.05, 0.1) is 0 Å². The Labute approximate surface area is 99.5 Å². The molecule has 3 nitrogen and oxygen atoms in total. The average molecular weight is 231 g/mol. The van der Waals surface area contributed by atoms with Crippen molar-refractivity contribution in [3.63, 3.8) is 0 Å². The van der Waals surface area contributed by atoms with Crippen molar-refractivity contribution in [2.24, 2.45) is 0 Å². The summed E-state index contributed by atoms with van der Waals surface area (Å²) < 4.78 is 13.3. The van der Waals surface area contributed by atoms with Gasteiger partial charge in [0.25, 0.3) is 0 Å². The van der Waals surface area contributed by atoms with Gasteiger partial charge in [0, 0.05) is 24.5 Å². The van der Waals surface area contributed by atoms with Gasteiger partial charge in [0.15, 0.2) is 0 Å². The van der Waals surface area contributed by atoms with Gasteiger partial charge < -0.3 is 11.1 Å². The summed E-state index contributed by atoms with van der Waals surface area (Å²) in [7, 11) is 0. The summed E-state index contributed by atoms with van der Waals surface area (Å²) in [6.07, 6.45) is 2.25. The Balaban J connectivity index is 1.90. The molecule has 88 valence electrons. The number of aromatic nitrogens is 1. The van der Waals surface area contributed by atoms with E-state index in [2.05, 4.69) is 10.3 Å². The van der Waals surface area contributed by atoms with Crippen molar-refractivity contribution in [2.75, 3.05) is 17.6 Å². The molecule has 0 atom stereocenters. The van der Waals surface area contributed by atoms with Crippen LogP contribution in [0.4, 0.5) is 15.9 Å². The Bertz CT molecular complexity index is 500. The minimum Gasteiger partial charge on any atom is -0.399 e. The molecule has 17 heavy (non-hydrogen) atoms. The van der Waals surface area contributed by atoms with Gasteiger partial charge >= 0.3 is 0 Å². The van der Waals surface area contributed by atoms with E-state index in [0.717, 1.165) is 0 Å². The molecule has 1 aromatic heterocycles. The van der Waals surface area contributed by atoms with Gasteiger partial charge in [-0.05, 0) is 24.1 Å². The summed E-state index contributed by atoms with van der Waals surface area (Å²) >= 11 is 0. The van der Waals surface area contributed by atoms with Gasteiger partial charge in [-0.2, -0.15) is 0 Å². The molecule has 0 aliphatic rings. The third kappa shape index (κ3) is 3.17. The molecule has 0 fully saturated rings. The SMILES string of the molecule is Nc1ccnc(NCCc2ccccc2F)c1. The first kappa shape index (κ1) is 11.4. The minimum atomic E-state index is -0.171. The fourth-order valence-electron chi connectivity index (χ4n) is 1.57. The monoisotopic (exact) mass is 231 g/mol. The molecular weight excluding hydrogens is 217 g/mol. The minimum absolute atomic E-state index is 0.171. The number of nitrogen functional groups attached to an aromatic ring is 1. The zero-order valence-corrected chi connectivity index (χ0v) is 9.36. The number of nitrogens with zero attached hydrogens (tertiary/aromatic N) is 1. The highest BCUT2D eigenvalue weighted by Crippen LogP contribution is 2.10. The van der Waals surface area contributed by atoms with Gasteiger partial charge in [-0.15, -0.1) is 0 Å². The van der Waals surface area contributed by atoms with Crippen LogP contribution in [0, 0.1) is 5.82 Å². The zero-order valence-electron chi connectivity index (χ0n) is 9.36. The van der Waals surface area contributed by atoms with Gasteiger partial charge in [-0.25, -0.2) is 9.37 Å². The molecule has 0 spiro atoms. The molecule has 3 N–H and O–H groups in total. The fraction of sp³-hybridized carbons (Fsp3) is 0.154. The van der Waals surface area contributed by atoms with Crippen molar-refractivity contribution in [3.8, 4) is 0 Å². The highest BCUT2D eigenvalue weighted by Gasteiger charge is 2.00. The summed E-state index contributed by atoms with van der Waals surface area (Å²) in [5.74, 6) is 0.538. The second-order valence-corrected chi connectivity index (χ2v) is 3.74. The molecule has 4 heteroatoms. The van der Waals surface area contributed by atoms with Crippen LogP contribution in [0.15, 0.2) is 42.6 Å². The van der Waals surface area contributed by atoms with Crippen LogP contribution in [0.5, 0.6) is 0 Å². The fourth-order valence-corrected chi connectivity index (χ4v) is 1.57. The maximum Gasteiger partial charge on any atom is 0.127 e. The van der Waals surface area contributed by atoms with E-state index < -0.39 is 0 Å². The van der Waals surface area contributed by atoms with Crippen LogP contribution in [0.3, 0.4) is 0 Å². The maximum absolute atomic E-state index is 13.3. The van der Waals surface area contributed by atoms with Crippen LogP contribution in [0.2, 0.25) is 0 Å². The Morgan fingerprint density at radius 2 is 2.06 bits per heavy atom. The number of pyridine rings is 1. The molecule has 0 bridgehead atoms. The Kier molecular flexibility index (Phi) is 3.55. The topological polar surface area (TPSA) is 50.9 Å². The molecule has 0 radical (unpaired) electrons. The molecule has 0 unspecified atom stereocenters. The van der Waals surface area contributed by atoms with Crippen LogP contribution >= 0.6 is 0 Å². The van der Waals surface area contributed by atoms with Crippen LogP contribution in [-0.4, -0.2) is 11.5 Å². The van der Waals surface area contributed by atoms with E-state index >= 15 is 0 Å². The number of halogens is 1. The van der Waals surface area contributed by atoms with Crippen LogP contribution in [-0.2, 0) is 6.42 Å². The van der Waals surface area contributed by atoms with E-state index in [-0.39, 0.29) is 5.82 Å². The molecule has 0 saturated carbocycles. The highest BCUT2D eigenvalue weighted by molar-refractivity contribution is 5.48. The van der Waals surface area contributed by atoms with Crippen molar-refractivity contribution in [3.05, 3.63) is 54.0 Å². The van der Waals surface area contributed by atoms with E-state index in [4.69, 9.17) is 5.73 Å². The summed E-state index contributed by atoms with van der Waals surface area (Å²) in [5.41, 5.74) is 6.98. The number of hydrogen-bond acceptors (Lipinski definition) is 3. The summed E-state index contributed by atoms with van der Waals surface area (Å²) in [4.78, 5) is 4.11. The Hall–Kier alpha value is -2.10. The second kappa shape index (κ2) is 5.30. The third-order valence-electron chi connectivity index (χ3n) is 2.44. The average Bonchev–Trinajstić information content (AvgIpc) is 2.32. The predicted octanol–water partition coefficient (Wildman–Crippen LogP) is 2.46. The van der Waals surface area contributed by atoms with E-state index in [9.17, 15) is 4.39 Å². The Morgan fingerprint density at radius 1 is 1.24 bits per heavy atom. The van der Waals surface area contributed by atoms with Crippen molar-refractivity contribution in [1.29, 1.82) is 0 Å². The quantitative estimate of drug-likeness (QED) is 0.849. The lowest BCUT2D eigenvalue weighted by molar-refractivity contribution is 0.610. The lowest BCUT2D eigenvalue weighted by atomic mass is 10.1. The molecule has 0 amide bonds. The van der Waals surface area contributed by atoms with Crippen molar-refractivity contribution < 1.29 is 4.39 Å². The number of rotatable bonds is 4. The standard InChI is InChI=1S/C13H14FN3/c14-12-4-2-1-3-10(12)5-7-16-13-9-11(15)6-8-17-13/h1-4,6,8-9H,5,7H2,(H3,15,16,17). The van der Waals surface area contributed by atoms with Crippen LogP contribution in [0.25, 0.3) is 0 Å². The normalized spacial score (nSPS) is 10.2. The van der Waals surface area contributed by atoms with Crippen molar-refractivity contribution >= 4 is 11.5 Å². The van der Waals surface area contributed by atoms with Crippen LogP contribution in [0.1, 0.15) is 5.56 Å². The zero-order chi connectivity index (χ0) is 12.1. The van der Waals surface area contributed by atoms with Gasteiger partial charge in [0.2, 0.25) is 0 Å². The summed E-state index contributed by atoms with van der Waals surface area (Å²) in [6.45, 7) is 0.622. The first-order valence-electron chi connectivity index (χ1n) is 5.44. The third-order valence-corrected chi connectivity index (χ3v) is 2.44. The van der Waals surface area contributed by atoms with Crippen LogP contribution < -0.4 is 11.1 Å². The molecular formula is C13H14FN3. The number of hydrogen-bond donors (Lipinski definition) is 2. The molecule has 0 saturated heterocycles. The van der Waals surface area contributed by atoms with E-state index in [1.807, 2.05) is 6.07 Å². The smallest absolute Gasteiger partial charge is 0.127 e. The van der Waals surface area contributed by atoms with Gasteiger partial charge in [-0.3, -0.25) is 0 Å². The lowest BCUT2D eigenvalue weighted by Crippen LogP contribution is -2.07. The molecule has 1 heterocycles. The second-order valence-electron chi connectivity index (χ2n) is 3.74. The van der Waals surface area contributed by atoms with E-state index in [0.29, 0.717) is 30.0 Å². The molecule has 1 aromatic carbocycles.